The van der Waals surface area contributed by atoms with Crippen molar-refractivity contribution in [1.82, 2.24) is 19.9 Å². The number of nitrogens with zero attached hydrogens (tertiary/aromatic N) is 4. The molecule has 2 aromatic rings. The van der Waals surface area contributed by atoms with Crippen molar-refractivity contribution in [3.8, 4) is 22.9 Å². The molecule has 2 aliphatic rings. The monoisotopic (exact) mass is 344 g/mol. The van der Waals surface area contributed by atoms with Crippen molar-refractivity contribution >= 4 is 6.03 Å². The molecular formula is C17H20N4O4. The van der Waals surface area contributed by atoms with Crippen LogP contribution in [-0.2, 0) is 0 Å². The fraction of sp³-hybridized carbons (Fsp3) is 0.471. The molecule has 3 heterocycles. The number of benzene rings is 1. The van der Waals surface area contributed by atoms with E-state index in [2.05, 4.69) is 10.1 Å². The van der Waals surface area contributed by atoms with Crippen LogP contribution in [0.15, 0.2) is 22.7 Å². The van der Waals surface area contributed by atoms with Crippen LogP contribution in [0.3, 0.4) is 0 Å². The summed E-state index contributed by atoms with van der Waals surface area (Å²) in [6, 6.07) is 5.64. The molecule has 0 atom stereocenters. The van der Waals surface area contributed by atoms with Crippen LogP contribution in [0.2, 0.25) is 0 Å². The summed E-state index contributed by atoms with van der Waals surface area (Å²) in [5, 5.41) is 4.10. The average Bonchev–Trinajstić information content (AvgIpc) is 3.29. The smallest absolute Gasteiger partial charge is 0.319 e. The lowest BCUT2D eigenvalue weighted by Gasteiger charge is -2.32. The molecule has 0 unspecified atom stereocenters. The van der Waals surface area contributed by atoms with Crippen molar-refractivity contribution in [2.24, 2.45) is 0 Å². The van der Waals surface area contributed by atoms with Crippen molar-refractivity contribution in [3.63, 3.8) is 0 Å². The molecular weight excluding hydrogens is 324 g/mol. The maximum atomic E-state index is 12.0. The van der Waals surface area contributed by atoms with Gasteiger partial charge in [-0.25, -0.2) is 4.79 Å². The minimum atomic E-state index is 0.0463. The average molecular weight is 344 g/mol. The first-order chi connectivity index (χ1) is 12.1. The third-order valence-corrected chi connectivity index (χ3v) is 4.57. The fourth-order valence-electron chi connectivity index (χ4n) is 3.15. The van der Waals surface area contributed by atoms with Crippen LogP contribution in [0.4, 0.5) is 4.79 Å². The van der Waals surface area contributed by atoms with Crippen LogP contribution in [0.5, 0.6) is 11.5 Å². The number of piperidine rings is 1. The molecule has 1 saturated heterocycles. The van der Waals surface area contributed by atoms with E-state index in [9.17, 15) is 4.79 Å². The Morgan fingerprint density at radius 2 is 1.96 bits per heavy atom. The van der Waals surface area contributed by atoms with Crippen molar-refractivity contribution < 1.29 is 18.8 Å². The lowest BCUT2D eigenvalue weighted by Crippen LogP contribution is -2.43. The molecule has 1 fully saturated rings. The number of fused-ring (bicyclic) bond motifs is 1. The lowest BCUT2D eigenvalue weighted by molar-refractivity contribution is 0.152. The highest BCUT2D eigenvalue weighted by molar-refractivity contribution is 5.73. The molecule has 0 saturated carbocycles. The van der Waals surface area contributed by atoms with Crippen LogP contribution in [0.25, 0.3) is 11.4 Å². The Morgan fingerprint density at radius 1 is 1.20 bits per heavy atom. The predicted octanol–water partition coefficient (Wildman–Crippen LogP) is 2.33. The van der Waals surface area contributed by atoms with E-state index in [0.29, 0.717) is 30.6 Å². The van der Waals surface area contributed by atoms with E-state index < -0.39 is 0 Å². The van der Waals surface area contributed by atoms with Gasteiger partial charge in [0, 0.05) is 38.7 Å². The molecule has 2 amide bonds. The summed E-state index contributed by atoms with van der Waals surface area (Å²) in [4.78, 5) is 20.0. The number of carbonyl (C=O) groups is 1. The van der Waals surface area contributed by atoms with Gasteiger partial charge in [0.25, 0.3) is 0 Å². The largest absolute Gasteiger partial charge is 0.454 e. The standard InChI is InChI=1S/C17H20N4O4/c1-20(2)17(22)21-7-5-11(6-8-21)16-18-15(19-25-16)12-3-4-13-14(9-12)24-10-23-13/h3-4,9,11H,5-8,10H2,1-2H3. The molecule has 1 aromatic carbocycles. The van der Waals surface area contributed by atoms with Crippen LogP contribution in [-0.4, -0.2) is 59.9 Å². The van der Waals surface area contributed by atoms with Gasteiger partial charge in [0.2, 0.25) is 18.5 Å². The number of aromatic nitrogens is 2. The number of carbonyl (C=O) groups excluding carboxylic acids is 1. The Hall–Kier alpha value is -2.77. The molecule has 0 N–H and O–H groups in total. The first-order valence-electron chi connectivity index (χ1n) is 8.31. The van der Waals surface area contributed by atoms with Crippen molar-refractivity contribution in [2.75, 3.05) is 34.0 Å². The summed E-state index contributed by atoms with van der Waals surface area (Å²) in [7, 11) is 3.54. The molecule has 132 valence electrons. The number of urea groups is 1. The minimum absolute atomic E-state index is 0.0463. The van der Waals surface area contributed by atoms with E-state index in [4.69, 9.17) is 14.0 Å². The number of hydrogen-bond donors (Lipinski definition) is 0. The number of likely N-dealkylation sites (tertiary alicyclic amines) is 1. The Kier molecular flexibility index (Phi) is 3.95. The molecule has 25 heavy (non-hydrogen) atoms. The van der Waals surface area contributed by atoms with Gasteiger partial charge in [-0.15, -0.1) is 0 Å². The molecule has 8 nitrogen and oxygen atoms in total. The lowest BCUT2D eigenvalue weighted by atomic mass is 9.97. The van der Waals surface area contributed by atoms with E-state index in [1.54, 1.807) is 19.0 Å². The van der Waals surface area contributed by atoms with Crippen molar-refractivity contribution in [2.45, 2.75) is 18.8 Å². The number of hydrogen-bond acceptors (Lipinski definition) is 6. The summed E-state index contributed by atoms with van der Waals surface area (Å²) >= 11 is 0. The summed E-state index contributed by atoms with van der Waals surface area (Å²) < 4.78 is 16.2. The van der Waals surface area contributed by atoms with Gasteiger partial charge in [0.05, 0.1) is 0 Å². The Labute approximate surface area is 145 Å². The van der Waals surface area contributed by atoms with E-state index in [1.165, 1.54) is 0 Å². The molecule has 8 heteroatoms. The zero-order valence-electron chi connectivity index (χ0n) is 14.3. The highest BCUT2D eigenvalue weighted by atomic mass is 16.7. The van der Waals surface area contributed by atoms with Gasteiger partial charge in [-0.3, -0.25) is 0 Å². The van der Waals surface area contributed by atoms with Gasteiger partial charge in [-0.1, -0.05) is 5.16 Å². The van der Waals surface area contributed by atoms with Gasteiger partial charge < -0.3 is 23.8 Å². The highest BCUT2D eigenvalue weighted by Crippen LogP contribution is 2.36. The molecule has 2 aliphatic heterocycles. The molecule has 0 radical (unpaired) electrons. The van der Waals surface area contributed by atoms with Gasteiger partial charge in [-0.2, -0.15) is 4.98 Å². The minimum Gasteiger partial charge on any atom is -0.454 e. The topological polar surface area (TPSA) is 80.9 Å². The maximum absolute atomic E-state index is 12.0. The number of rotatable bonds is 2. The van der Waals surface area contributed by atoms with E-state index in [0.717, 1.165) is 24.2 Å². The fourth-order valence-corrected chi connectivity index (χ4v) is 3.15. The Morgan fingerprint density at radius 3 is 2.72 bits per heavy atom. The normalized spacial score (nSPS) is 17.0. The highest BCUT2D eigenvalue weighted by Gasteiger charge is 2.28. The van der Waals surface area contributed by atoms with Gasteiger partial charge in [0.1, 0.15) is 0 Å². The zero-order valence-corrected chi connectivity index (χ0v) is 14.3. The number of amides is 2. The van der Waals surface area contributed by atoms with Crippen molar-refractivity contribution in [3.05, 3.63) is 24.1 Å². The zero-order chi connectivity index (χ0) is 17.4. The van der Waals surface area contributed by atoms with Gasteiger partial charge in [-0.05, 0) is 31.0 Å². The molecule has 0 spiro atoms. The summed E-state index contributed by atoms with van der Waals surface area (Å²) in [5.41, 5.74) is 0.833. The third-order valence-electron chi connectivity index (χ3n) is 4.57. The second-order valence-corrected chi connectivity index (χ2v) is 6.46. The molecule has 4 rings (SSSR count). The van der Waals surface area contributed by atoms with Crippen molar-refractivity contribution in [1.29, 1.82) is 0 Å². The molecule has 0 bridgehead atoms. The Balaban J connectivity index is 1.45. The van der Waals surface area contributed by atoms with Gasteiger partial charge in [0.15, 0.2) is 11.5 Å². The Bertz CT molecular complexity index is 781. The van der Waals surface area contributed by atoms with E-state index in [1.807, 2.05) is 23.1 Å². The van der Waals surface area contributed by atoms with Crippen LogP contribution < -0.4 is 9.47 Å². The SMILES string of the molecule is CN(C)C(=O)N1CCC(c2nc(-c3ccc4c(c3)OCO4)no2)CC1. The first-order valence-corrected chi connectivity index (χ1v) is 8.31. The second kappa shape index (κ2) is 6.27. The van der Waals surface area contributed by atoms with E-state index in [-0.39, 0.29) is 18.7 Å². The molecule has 1 aromatic heterocycles. The second-order valence-electron chi connectivity index (χ2n) is 6.46. The maximum Gasteiger partial charge on any atom is 0.319 e. The van der Waals surface area contributed by atoms with Crippen LogP contribution in [0, 0.1) is 0 Å². The predicted molar refractivity (Wildman–Crippen MR) is 88.5 cm³/mol. The number of ether oxygens (including phenoxy) is 2. The van der Waals surface area contributed by atoms with Crippen LogP contribution >= 0.6 is 0 Å². The third kappa shape index (κ3) is 2.99. The summed E-state index contributed by atoms with van der Waals surface area (Å²) in [6.07, 6.45) is 1.64. The quantitative estimate of drug-likeness (QED) is 0.832. The van der Waals surface area contributed by atoms with E-state index >= 15 is 0 Å². The molecule has 0 aliphatic carbocycles. The summed E-state index contributed by atoms with van der Waals surface area (Å²) in [6.45, 7) is 1.63. The first kappa shape index (κ1) is 15.7. The van der Waals surface area contributed by atoms with Crippen LogP contribution in [0.1, 0.15) is 24.7 Å². The summed E-state index contributed by atoms with van der Waals surface area (Å²) in [5.74, 6) is 2.77. The van der Waals surface area contributed by atoms with Gasteiger partial charge >= 0.3 is 6.03 Å².